The average molecular weight is 1160 g/mol. The number of amides is 11. The van der Waals surface area contributed by atoms with Crippen molar-refractivity contribution in [2.75, 3.05) is 39.3 Å². The van der Waals surface area contributed by atoms with E-state index in [0.29, 0.717) is 12.0 Å². The van der Waals surface area contributed by atoms with Crippen molar-refractivity contribution in [2.24, 2.45) is 34.6 Å². The largest absolute Gasteiger partial charge is 0.391 e. The third kappa shape index (κ3) is 25.1. The summed E-state index contributed by atoms with van der Waals surface area (Å²) < 4.78 is 0. The van der Waals surface area contributed by atoms with Crippen molar-refractivity contribution in [3.63, 3.8) is 0 Å². The molecule has 0 bridgehead atoms. The molecule has 1 fully saturated rings. The number of unbranched alkanes of at least 4 members (excludes halogenated alkanes) is 2. The molecule has 23 N–H and O–H groups in total. The monoisotopic (exact) mass is 1160 g/mol. The van der Waals surface area contributed by atoms with Crippen LogP contribution >= 0.6 is 0 Å². The van der Waals surface area contributed by atoms with Crippen molar-refractivity contribution in [1.82, 2.24) is 58.5 Å². The SMILES string of the molecule is CCCCCC(=O)N[C@@H](CCN)C(=O)N[C@H](C(=O)N[C@@H](CCN)C(=O)N[C@H]1CCNC(=O)[C@H]([C@@H](C)O)NC(=O)[C@H](CCN)NC(=O)[C@H](CCN)NC(=O)[C@H](CC(C)C)NC(=O)[C@@H](Cc2ccccc2)NC(=O)[C@H](CCN)NC1=O)[C@@H](C)O. The summed E-state index contributed by atoms with van der Waals surface area (Å²) in [5.41, 5.74) is 29.8. The first-order valence-electron chi connectivity index (χ1n) is 28.2. The van der Waals surface area contributed by atoms with Crippen molar-refractivity contribution in [3.05, 3.63) is 35.9 Å². The topological polar surface area (TPSA) is 491 Å². The number of nitrogens with two attached hydrogens (primary N) is 5. The van der Waals surface area contributed by atoms with Crippen LogP contribution in [0.25, 0.3) is 0 Å². The number of hydrogen-bond acceptors (Lipinski definition) is 18. The number of carbonyl (C=O) groups is 11. The normalized spacial score (nSPS) is 22.9. The summed E-state index contributed by atoms with van der Waals surface area (Å²) >= 11 is 0. The fourth-order valence-corrected chi connectivity index (χ4v) is 8.67. The van der Waals surface area contributed by atoms with Gasteiger partial charge in [0.15, 0.2) is 0 Å². The molecule has 82 heavy (non-hydrogen) atoms. The number of aliphatic hydroxyl groups excluding tert-OH is 2. The van der Waals surface area contributed by atoms with E-state index in [1.807, 2.05) is 6.92 Å². The van der Waals surface area contributed by atoms with Crippen LogP contribution in [-0.2, 0) is 59.2 Å². The summed E-state index contributed by atoms with van der Waals surface area (Å²) in [6.45, 7) is 6.76. The van der Waals surface area contributed by atoms with Crippen molar-refractivity contribution in [1.29, 1.82) is 0 Å². The van der Waals surface area contributed by atoms with Crippen LogP contribution in [0, 0.1) is 5.92 Å². The Morgan fingerprint density at radius 3 is 1.56 bits per heavy atom. The van der Waals surface area contributed by atoms with Crippen LogP contribution in [0.5, 0.6) is 0 Å². The van der Waals surface area contributed by atoms with E-state index < -0.39 is 151 Å². The van der Waals surface area contributed by atoms with Crippen LogP contribution in [0.4, 0.5) is 0 Å². The molecule has 1 aliphatic rings. The highest BCUT2D eigenvalue weighted by Crippen LogP contribution is 2.12. The number of rotatable bonds is 27. The number of benzene rings is 1. The highest BCUT2D eigenvalue weighted by molar-refractivity contribution is 5.99. The Bertz CT molecular complexity index is 2240. The summed E-state index contributed by atoms with van der Waals surface area (Å²) in [6, 6.07) is -6.22. The van der Waals surface area contributed by atoms with Gasteiger partial charge in [0.05, 0.1) is 12.2 Å². The molecule has 29 heteroatoms. The molecule has 0 unspecified atom stereocenters. The molecule has 0 saturated carbocycles. The van der Waals surface area contributed by atoms with Gasteiger partial charge in [0, 0.05) is 19.4 Å². The fraction of sp³-hybridized carbons (Fsp3) is 0.679. The molecule has 1 aromatic rings. The first kappa shape index (κ1) is 71.2. The van der Waals surface area contributed by atoms with Crippen molar-refractivity contribution >= 4 is 65.0 Å². The molecule has 1 aliphatic heterocycles. The molecule has 2 rings (SSSR count). The van der Waals surface area contributed by atoms with Crippen LogP contribution in [0.2, 0.25) is 0 Å². The Labute approximate surface area is 479 Å². The van der Waals surface area contributed by atoms with E-state index in [4.69, 9.17) is 28.7 Å². The van der Waals surface area contributed by atoms with Crippen molar-refractivity contribution < 1.29 is 63.0 Å². The third-order valence-electron chi connectivity index (χ3n) is 13.2. The van der Waals surface area contributed by atoms with Gasteiger partial charge in [0.2, 0.25) is 65.0 Å². The second-order valence-electron chi connectivity index (χ2n) is 20.7. The summed E-state index contributed by atoms with van der Waals surface area (Å²) in [5.74, 6) is -9.96. The van der Waals surface area contributed by atoms with Crippen LogP contribution in [0.1, 0.15) is 111 Å². The number of carbonyl (C=O) groups excluding carboxylic acids is 11. The Morgan fingerprint density at radius 1 is 0.573 bits per heavy atom. The first-order valence-corrected chi connectivity index (χ1v) is 28.2. The van der Waals surface area contributed by atoms with Gasteiger partial charge in [-0.1, -0.05) is 63.9 Å². The lowest BCUT2D eigenvalue weighted by Crippen LogP contribution is -2.62. The molecule has 462 valence electrons. The van der Waals surface area contributed by atoms with Gasteiger partial charge in [0.1, 0.15) is 60.4 Å². The van der Waals surface area contributed by atoms with Gasteiger partial charge in [-0.3, -0.25) is 52.7 Å². The zero-order valence-electron chi connectivity index (χ0n) is 47.9. The standard InChI is InChI=1S/C53H92N16O13/c1-6-7-9-14-41(72)60-33(15-21-54)48(77)69-43(31(5)71)53(82)65-36(18-24-57)45(74)64-38-20-26-59-52(81)42(30(4)70)68-49(78)37(19-25-58)62-44(73)34(16-22-55)63-50(79)39(27-29(2)3)66-51(80)40(28-32-12-10-8-11-13-32)67-46(75)35(17-23-56)61-47(38)76/h8,10-13,29-31,33-40,42-43,70-71H,6-7,9,14-28,54-58H2,1-5H3,(H,59,81)(H,60,72)(H,61,76)(H,62,73)(H,63,79)(H,64,74)(H,65,82)(H,66,80)(H,67,75)(H,68,78)(H,69,77)/t30-,31-,33+,34+,35+,36+,37+,38+,39+,40-,42+,43+/m1/s1. The quantitative estimate of drug-likeness (QED) is 0.0364. The molecule has 0 spiro atoms. The minimum absolute atomic E-state index is 0.0164. The van der Waals surface area contributed by atoms with Crippen LogP contribution < -0.4 is 87.2 Å². The van der Waals surface area contributed by atoms with E-state index >= 15 is 0 Å². The predicted octanol–water partition coefficient (Wildman–Crippen LogP) is -6.27. The van der Waals surface area contributed by atoms with Crippen molar-refractivity contribution in [3.8, 4) is 0 Å². The Hall–Kier alpha value is -6.89. The highest BCUT2D eigenvalue weighted by Gasteiger charge is 2.37. The van der Waals surface area contributed by atoms with E-state index in [0.717, 1.165) is 12.8 Å². The maximum atomic E-state index is 14.5. The Balaban J connectivity index is 2.71. The molecular formula is C53H92N16O13. The van der Waals surface area contributed by atoms with Gasteiger partial charge >= 0.3 is 0 Å². The molecular weight excluding hydrogens is 1070 g/mol. The first-order chi connectivity index (χ1) is 38.9. The molecule has 29 nitrogen and oxygen atoms in total. The average Bonchev–Trinajstić information content (AvgIpc) is 3.45. The fourth-order valence-electron chi connectivity index (χ4n) is 8.67. The van der Waals surface area contributed by atoms with Crippen LogP contribution in [-0.4, -0.2) is 187 Å². The van der Waals surface area contributed by atoms with Gasteiger partial charge in [0.25, 0.3) is 0 Å². The Kier molecular flexibility index (Phi) is 33.0. The number of hydrogen-bond donors (Lipinski definition) is 18. The maximum Gasteiger partial charge on any atom is 0.245 e. The lowest BCUT2D eigenvalue weighted by atomic mass is 10.00. The van der Waals surface area contributed by atoms with Gasteiger partial charge in [-0.05, 0) is 109 Å². The van der Waals surface area contributed by atoms with E-state index in [-0.39, 0.29) is 90.0 Å². The van der Waals surface area contributed by atoms with Gasteiger partial charge in [-0.25, -0.2) is 0 Å². The molecule has 1 aromatic carbocycles. The van der Waals surface area contributed by atoms with E-state index in [2.05, 4.69) is 58.5 Å². The van der Waals surface area contributed by atoms with Crippen molar-refractivity contribution in [2.45, 2.75) is 184 Å². The van der Waals surface area contributed by atoms with Gasteiger partial charge < -0.3 is 97.4 Å². The highest BCUT2D eigenvalue weighted by atomic mass is 16.3. The summed E-state index contributed by atoms with van der Waals surface area (Å²) in [4.78, 5) is 153. The molecule has 0 radical (unpaired) electrons. The zero-order chi connectivity index (χ0) is 61.5. The molecule has 12 atom stereocenters. The molecule has 0 aliphatic carbocycles. The minimum Gasteiger partial charge on any atom is -0.391 e. The third-order valence-corrected chi connectivity index (χ3v) is 13.2. The second kappa shape index (κ2) is 38.0. The van der Waals surface area contributed by atoms with E-state index in [9.17, 15) is 63.0 Å². The minimum atomic E-state index is -1.70. The number of aliphatic hydroxyl groups is 2. The van der Waals surface area contributed by atoms with Crippen LogP contribution in [0.3, 0.4) is 0 Å². The molecule has 11 amide bonds. The Morgan fingerprint density at radius 2 is 1.06 bits per heavy atom. The number of nitrogens with one attached hydrogen (secondary N) is 11. The lowest BCUT2D eigenvalue weighted by molar-refractivity contribution is -0.137. The molecule has 0 aromatic heterocycles. The zero-order valence-corrected chi connectivity index (χ0v) is 47.9. The van der Waals surface area contributed by atoms with E-state index in [1.165, 1.54) is 13.8 Å². The molecule has 1 heterocycles. The maximum absolute atomic E-state index is 14.5. The predicted molar refractivity (Wildman–Crippen MR) is 302 cm³/mol. The smallest absolute Gasteiger partial charge is 0.245 e. The second-order valence-corrected chi connectivity index (χ2v) is 20.7. The summed E-state index contributed by atoms with van der Waals surface area (Å²) in [5, 5.41) is 49.5. The summed E-state index contributed by atoms with van der Waals surface area (Å²) in [7, 11) is 0. The van der Waals surface area contributed by atoms with Gasteiger partial charge in [-0.2, -0.15) is 0 Å². The summed E-state index contributed by atoms with van der Waals surface area (Å²) in [6.07, 6.45) is -2.16. The van der Waals surface area contributed by atoms with E-state index in [1.54, 1.807) is 44.2 Å². The lowest BCUT2D eigenvalue weighted by Gasteiger charge is -2.29. The molecule has 1 saturated heterocycles. The van der Waals surface area contributed by atoms with Crippen LogP contribution in [0.15, 0.2) is 30.3 Å². The van der Waals surface area contributed by atoms with Gasteiger partial charge in [-0.15, -0.1) is 0 Å².